The quantitative estimate of drug-likeness (QED) is 0.754. The molecule has 1 fully saturated rings. The number of aromatic nitrogens is 2. The van der Waals surface area contributed by atoms with Gasteiger partial charge in [-0.15, -0.1) is 0 Å². The van der Waals surface area contributed by atoms with Gasteiger partial charge in [0.25, 0.3) is 0 Å². The molecule has 0 radical (unpaired) electrons. The van der Waals surface area contributed by atoms with E-state index in [9.17, 15) is 4.79 Å². The van der Waals surface area contributed by atoms with Crippen LogP contribution in [0.25, 0.3) is 0 Å². The summed E-state index contributed by atoms with van der Waals surface area (Å²) in [6.45, 7) is 0.117. The van der Waals surface area contributed by atoms with Crippen molar-refractivity contribution in [3.05, 3.63) is 18.0 Å². The average molecular weight is 279 g/mol. The van der Waals surface area contributed by atoms with Gasteiger partial charge in [0.2, 0.25) is 11.9 Å². The number of thiocarbonyl (C=S) groups is 1. The van der Waals surface area contributed by atoms with Crippen LogP contribution in [0.5, 0.6) is 0 Å². The molecule has 0 aliphatic heterocycles. The smallest absolute Gasteiger partial charge is 0.237 e. The van der Waals surface area contributed by atoms with Crippen molar-refractivity contribution in [3.8, 4) is 0 Å². The van der Waals surface area contributed by atoms with Crippen LogP contribution in [0.15, 0.2) is 12.3 Å². The zero-order chi connectivity index (χ0) is 13.8. The highest BCUT2D eigenvalue weighted by atomic mass is 32.1. The van der Waals surface area contributed by atoms with Crippen molar-refractivity contribution in [2.24, 2.45) is 11.5 Å². The first kappa shape index (κ1) is 13.7. The van der Waals surface area contributed by atoms with Crippen molar-refractivity contribution < 1.29 is 4.79 Å². The molecule has 0 atom stereocenters. The second-order valence-corrected chi connectivity index (χ2v) is 5.08. The summed E-state index contributed by atoms with van der Waals surface area (Å²) < 4.78 is 0. The number of amides is 1. The molecular weight excluding hydrogens is 262 g/mol. The molecule has 1 saturated carbocycles. The number of hydrogen-bond donors (Lipinski definition) is 2. The van der Waals surface area contributed by atoms with Crippen LogP contribution < -0.4 is 16.4 Å². The number of nitrogens with two attached hydrogens (primary N) is 2. The third-order valence-electron chi connectivity index (χ3n) is 3.24. The summed E-state index contributed by atoms with van der Waals surface area (Å²) in [5, 5.41) is 0. The van der Waals surface area contributed by atoms with Crippen LogP contribution in [0.2, 0.25) is 0 Å². The van der Waals surface area contributed by atoms with Crippen molar-refractivity contribution in [1.29, 1.82) is 0 Å². The molecule has 1 aliphatic rings. The van der Waals surface area contributed by atoms with E-state index in [2.05, 4.69) is 9.97 Å². The Morgan fingerprint density at radius 2 is 2.11 bits per heavy atom. The Morgan fingerprint density at radius 3 is 2.68 bits per heavy atom. The Balaban J connectivity index is 2.28. The maximum Gasteiger partial charge on any atom is 0.237 e. The Kier molecular flexibility index (Phi) is 4.26. The van der Waals surface area contributed by atoms with E-state index in [4.69, 9.17) is 23.7 Å². The van der Waals surface area contributed by atoms with Crippen LogP contribution in [-0.2, 0) is 4.79 Å². The lowest BCUT2D eigenvalue weighted by Crippen LogP contribution is -2.41. The Labute approximate surface area is 117 Å². The first-order valence-corrected chi connectivity index (χ1v) is 6.66. The molecule has 1 aliphatic carbocycles. The van der Waals surface area contributed by atoms with E-state index in [-0.39, 0.29) is 17.6 Å². The van der Waals surface area contributed by atoms with Gasteiger partial charge in [0.1, 0.15) is 10.7 Å². The molecule has 0 unspecified atom stereocenters. The van der Waals surface area contributed by atoms with Gasteiger partial charge in [0.05, 0.1) is 6.54 Å². The lowest BCUT2D eigenvalue weighted by molar-refractivity contribution is -0.116. The minimum atomic E-state index is -0.392. The number of hydrogen-bond acceptors (Lipinski definition) is 5. The number of nitrogens with zero attached hydrogens (tertiary/aromatic N) is 3. The fourth-order valence-electron chi connectivity index (χ4n) is 2.37. The van der Waals surface area contributed by atoms with Crippen LogP contribution in [0.1, 0.15) is 31.4 Å². The summed E-state index contributed by atoms with van der Waals surface area (Å²) in [7, 11) is 0. The lowest BCUT2D eigenvalue weighted by Gasteiger charge is -2.27. The number of anilines is 1. The van der Waals surface area contributed by atoms with Crippen LogP contribution in [0.3, 0.4) is 0 Å². The highest BCUT2D eigenvalue weighted by Gasteiger charge is 2.26. The third-order valence-corrected chi connectivity index (χ3v) is 3.45. The van der Waals surface area contributed by atoms with Crippen LogP contribution >= 0.6 is 12.2 Å². The maximum absolute atomic E-state index is 11.2. The average Bonchev–Trinajstić information content (AvgIpc) is 2.89. The highest BCUT2D eigenvalue weighted by Crippen LogP contribution is 2.26. The van der Waals surface area contributed by atoms with Crippen molar-refractivity contribution in [3.63, 3.8) is 0 Å². The summed E-state index contributed by atoms with van der Waals surface area (Å²) >= 11 is 4.91. The van der Waals surface area contributed by atoms with Crippen LogP contribution in [0.4, 0.5) is 5.95 Å². The van der Waals surface area contributed by atoms with Crippen molar-refractivity contribution in [1.82, 2.24) is 9.97 Å². The predicted octanol–water partition coefficient (Wildman–Crippen LogP) is 0.345. The summed E-state index contributed by atoms with van der Waals surface area (Å²) in [4.78, 5) is 21.8. The Bertz CT molecular complexity index is 487. The molecular formula is C12H17N5OS. The molecule has 19 heavy (non-hydrogen) atoms. The second kappa shape index (κ2) is 5.92. The molecule has 4 N–H and O–H groups in total. The van der Waals surface area contributed by atoms with E-state index in [1.807, 2.05) is 4.90 Å². The molecule has 2 rings (SSSR count). The van der Waals surface area contributed by atoms with E-state index in [1.54, 1.807) is 12.3 Å². The monoisotopic (exact) mass is 279 g/mol. The van der Waals surface area contributed by atoms with Crippen molar-refractivity contribution >= 4 is 29.1 Å². The molecule has 1 amide bonds. The van der Waals surface area contributed by atoms with Crippen LogP contribution in [0, 0.1) is 0 Å². The van der Waals surface area contributed by atoms with Crippen molar-refractivity contribution in [2.75, 3.05) is 11.4 Å². The normalized spacial score (nSPS) is 15.4. The minimum absolute atomic E-state index is 0.117. The first-order chi connectivity index (χ1) is 9.08. The largest absolute Gasteiger partial charge is 0.388 e. The highest BCUT2D eigenvalue weighted by molar-refractivity contribution is 7.80. The molecule has 0 bridgehead atoms. The number of carbonyl (C=O) groups is 1. The number of rotatable bonds is 5. The first-order valence-electron chi connectivity index (χ1n) is 6.25. The summed E-state index contributed by atoms with van der Waals surface area (Å²) in [6.07, 6.45) is 5.94. The lowest BCUT2D eigenvalue weighted by atomic mass is 10.2. The van der Waals surface area contributed by atoms with Crippen LogP contribution in [-0.4, -0.2) is 33.5 Å². The van der Waals surface area contributed by atoms with Gasteiger partial charge in [-0.1, -0.05) is 25.1 Å². The molecule has 1 heterocycles. The zero-order valence-corrected chi connectivity index (χ0v) is 11.4. The predicted molar refractivity (Wildman–Crippen MR) is 76.7 cm³/mol. The van der Waals surface area contributed by atoms with Gasteiger partial charge in [-0.3, -0.25) is 4.79 Å². The number of carbonyl (C=O) groups excluding carboxylic acids is 1. The van der Waals surface area contributed by atoms with E-state index in [1.165, 1.54) is 0 Å². The molecule has 7 heteroatoms. The second-order valence-electron chi connectivity index (χ2n) is 4.64. The summed E-state index contributed by atoms with van der Waals surface area (Å²) in [5.41, 5.74) is 11.4. The van der Waals surface area contributed by atoms with Crippen molar-refractivity contribution in [2.45, 2.75) is 31.7 Å². The standard InChI is InChI=1S/C12H17N5OS/c13-10(18)7-17(8-3-1-2-4-8)12-15-6-5-9(16-12)11(14)19/h5-6,8H,1-4,7H2,(H2,13,18)(H2,14,19). The van der Waals surface area contributed by atoms with E-state index >= 15 is 0 Å². The van der Waals surface area contributed by atoms with Gasteiger partial charge >= 0.3 is 0 Å². The van der Waals surface area contributed by atoms with Gasteiger partial charge in [-0.2, -0.15) is 0 Å². The van der Waals surface area contributed by atoms with E-state index < -0.39 is 5.91 Å². The topological polar surface area (TPSA) is 98.1 Å². The van der Waals surface area contributed by atoms with Gasteiger partial charge in [-0.05, 0) is 18.9 Å². The molecule has 6 nitrogen and oxygen atoms in total. The molecule has 0 saturated heterocycles. The van der Waals surface area contributed by atoms with Gasteiger partial charge in [0.15, 0.2) is 0 Å². The zero-order valence-electron chi connectivity index (χ0n) is 10.6. The molecule has 102 valence electrons. The fraction of sp³-hybridized carbons (Fsp3) is 0.500. The fourth-order valence-corrected chi connectivity index (χ4v) is 2.48. The molecule has 0 aromatic carbocycles. The minimum Gasteiger partial charge on any atom is -0.388 e. The third kappa shape index (κ3) is 3.37. The van der Waals surface area contributed by atoms with E-state index in [0.717, 1.165) is 25.7 Å². The Hall–Kier alpha value is -1.76. The van der Waals surface area contributed by atoms with E-state index in [0.29, 0.717) is 11.6 Å². The summed E-state index contributed by atoms with van der Waals surface area (Å²) in [5.74, 6) is 0.0761. The van der Waals surface area contributed by atoms with Gasteiger partial charge in [-0.25, -0.2) is 9.97 Å². The Morgan fingerprint density at radius 1 is 1.42 bits per heavy atom. The molecule has 1 aromatic heterocycles. The molecule has 0 spiro atoms. The maximum atomic E-state index is 11.2. The SMILES string of the molecule is NC(=O)CN(c1nccc(C(N)=S)n1)C1CCCC1. The van der Waals surface area contributed by atoms with Gasteiger partial charge in [0, 0.05) is 12.2 Å². The number of primary amides is 1. The van der Waals surface area contributed by atoms with Gasteiger partial charge < -0.3 is 16.4 Å². The summed E-state index contributed by atoms with van der Waals surface area (Å²) in [6, 6.07) is 1.91. The molecule has 1 aromatic rings.